The second-order valence-corrected chi connectivity index (χ2v) is 11.2. The van der Waals surface area contributed by atoms with Gasteiger partial charge in [0, 0.05) is 49.0 Å². The van der Waals surface area contributed by atoms with E-state index in [-0.39, 0.29) is 17.4 Å². The minimum absolute atomic E-state index is 0.00217. The van der Waals surface area contributed by atoms with Gasteiger partial charge in [-0.2, -0.15) is 0 Å². The van der Waals surface area contributed by atoms with Gasteiger partial charge in [-0.05, 0) is 87.6 Å². The third-order valence-corrected chi connectivity index (χ3v) is 8.69. The van der Waals surface area contributed by atoms with Crippen molar-refractivity contribution in [3.63, 3.8) is 0 Å². The number of hydrogen-bond acceptors (Lipinski definition) is 5. The highest BCUT2D eigenvalue weighted by Gasteiger charge is 2.50. The van der Waals surface area contributed by atoms with Gasteiger partial charge in [-0.15, -0.1) is 0 Å². The van der Waals surface area contributed by atoms with Crippen molar-refractivity contribution >= 4 is 17.6 Å². The number of pyridine rings is 1. The van der Waals surface area contributed by atoms with E-state index in [9.17, 15) is 14.7 Å². The van der Waals surface area contributed by atoms with Gasteiger partial charge in [0.15, 0.2) is 0 Å². The maximum Gasteiger partial charge on any atom is 0.251 e. The Bertz CT molecular complexity index is 1110. The molecule has 0 unspecified atom stereocenters. The van der Waals surface area contributed by atoms with E-state index >= 15 is 0 Å². The van der Waals surface area contributed by atoms with Crippen molar-refractivity contribution in [3.8, 4) is 11.1 Å². The predicted octanol–water partition coefficient (Wildman–Crippen LogP) is 3.76. The Morgan fingerprint density at radius 2 is 1.69 bits per heavy atom. The van der Waals surface area contributed by atoms with Crippen molar-refractivity contribution in [2.45, 2.75) is 76.0 Å². The maximum atomic E-state index is 13.6. The molecule has 0 bridgehead atoms. The topological polar surface area (TPSA) is 85.8 Å². The maximum absolute atomic E-state index is 13.6. The number of anilines is 1. The number of benzene rings is 1. The molecule has 6 rings (SSSR count). The number of carbonyl (C=O) groups excluding carboxylic acids is 2. The molecule has 36 heavy (non-hydrogen) atoms. The fraction of sp³-hybridized carbons (Fsp3) is 0.552. The van der Waals surface area contributed by atoms with Crippen LogP contribution in [0.15, 0.2) is 42.6 Å². The van der Waals surface area contributed by atoms with Crippen LogP contribution in [0.4, 0.5) is 5.82 Å². The molecule has 1 aromatic heterocycles. The molecule has 2 aromatic rings. The first-order valence-corrected chi connectivity index (χ1v) is 13.6. The van der Waals surface area contributed by atoms with E-state index in [1.807, 2.05) is 30.5 Å². The van der Waals surface area contributed by atoms with Crippen LogP contribution in [-0.2, 0) is 4.79 Å². The third-order valence-electron chi connectivity index (χ3n) is 8.69. The van der Waals surface area contributed by atoms with Crippen molar-refractivity contribution in [2.75, 3.05) is 24.5 Å². The molecular weight excluding hydrogens is 452 g/mol. The van der Waals surface area contributed by atoms with Gasteiger partial charge in [0.05, 0.1) is 11.5 Å². The average Bonchev–Trinajstić information content (AvgIpc) is 3.68. The van der Waals surface area contributed by atoms with Crippen molar-refractivity contribution < 1.29 is 14.7 Å². The van der Waals surface area contributed by atoms with Gasteiger partial charge in [-0.25, -0.2) is 4.98 Å². The number of likely N-dealkylation sites (tertiary alicyclic amines) is 1. The van der Waals surface area contributed by atoms with Crippen LogP contribution in [0.5, 0.6) is 0 Å². The summed E-state index contributed by atoms with van der Waals surface area (Å²) in [5.74, 6) is 1.24. The van der Waals surface area contributed by atoms with Gasteiger partial charge in [0.1, 0.15) is 5.82 Å². The number of aliphatic hydroxyl groups is 1. The Morgan fingerprint density at radius 1 is 0.944 bits per heavy atom. The van der Waals surface area contributed by atoms with Crippen LogP contribution in [0.25, 0.3) is 11.1 Å². The number of hydrogen-bond donors (Lipinski definition) is 2. The zero-order valence-corrected chi connectivity index (χ0v) is 20.9. The predicted molar refractivity (Wildman–Crippen MR) is 139 cm³/mol. The number of rotatable bonds is 5. The van der Waals surface area contributed by atoms with Crippen molar-refractivity contribution in [2.24, 2.45) is 5.41 Å². The standard InChI is InChI=1S/C29H36N4O3/c34-25-11-9-24(10-12-25)33-17-15-29(28(33)36)14-1-16-32(19-29)26-13-6-22(18-30-26)20-2-4-21(5-3-20)27(35)31-23-7-8-23/h2-6,13,18,23-25,34H,1,7-12,14-17,19H2,(H,31,35)/t24-,25-,29-/m0/s1. The first kappa shape index (κ1) is 23.5. The summed E-state index contributed by atoms with van der Waals surface area (Å²) in [6, 6.07) is 12.5. The van der Waals surface area contributed by atoms with Crippen LogP contribution in [0.3, 0.4) is 0 Å². The molecule has 3 heterocycles. The molecule has 4 fully saturated rings. The molecule has 0 radical (unpaired) electrons. The Morgan fingerprint density at radius 3 is 2.39 bits per heavy atom. The molecule has 2 N–H and O–H groups in total. The molecule has 2 amide bonds. The molecule has 2 saturated carbocycles. The second kappa shape index (κ2) is 9.51. The molecule has 7 heteroatoms. The number of aromatic nitrogens is 1. The molecule has 190 valence electrons. The number of aliphatic hydroxyl groups excluding tert-OH is 1. The molecule has 2 saturated heterocycles. The van der Waals surface area contributed by atoms with Crippen molar-refractivity contribution in [1.29, 1.82) is 0 Å². The highest BCUT2D eigenvalue weighted by molar-refractivity contribution is 5.95. The molecule has 2 aliphatic carbocycles. The van der Waals surface area contributed by atoms with Gasteiger partial charge in [-0.1, -0.05) is 12.1 Å². The van der Waals surface area contributed by atoms with Gasteiger partial charge in [-0.3, -0.25) is 9.59 Å². The summed E-state index contributed by atoms with van der Waals surface area (Å²) in [6.45, 7) is 2.49. The van der Waals surface area contributed by atoms with E-state index < -0.39 is 0 Å². The van der Waals surface area contributed by atoms with Gasteiger partial charge < -0.3 is 20.2 Å². The SMILES string of the molecule is O=C(NC1CC1)c1ccc(-c2ccc(N3CCC[C@]4(CCN([C@H]5CC[C@H](O)CC5)C4=O)C3)nc2)cc1. The molecule has 4 aliphatic rings. The van der Waals surface area contributed by atoms with Gasteiger partial charge >= 0.3 is 0 Å². The Hall–Kier alpha value is -2.93. The second-order valence-electron chi connectivity index (χ2n) is 11.2. The largest absolute Gasteiger partial charge is 0.393 e. The summed E-state index contributed by atoms with van der Waals surface area (Å²) in [7, 11) is 0. The van der Waals surface area contributed by atoms with Crippen LogP contribution in [0.1, 0.15) is 68.1 Å². The molecule has 1 aromatic carbocycles. The monoisotopic (exact) mass is 488 g/mol. The van der Waals surface area contributed by atoms with E-state index in [0.29, 0.717) is 23.6 Å². The average molecular weight is 489 g/mol. The van der Waals surface area contributed by atoms with Crippen LogP contribution >= 0.6 is 0 Å². The van der Waals surface area contributed by atoms with Gasteiger partial charge in [0.25, 0.3) is 5.91 Å². The first-order valence-electron chi connectivity index (χ1n) is 13.6. The molecule has 7 nitrogen and oxygen atoms in total. The Kier molecular flexibility index (Phi) is 6.20. The van der Waals surface area contributed by atoms with Crippen molar-refractivity contribution in [1.82, 2.24) is 15.2 Å². The molecule has 1 spiro atoms. The highest BCUT2D eigenvalue weighted by atomic mass is 16.3. The van der Waals surface area contributed by atoms with Gasteiger partial charge in [0.2, 0.25) is 5.91 Å². The third kappa shape index (κ3) is 4.61. The lowest BCUT2D eigenvalue weighted by molar-refractivity contribution is -0.139. The number of carbonyl (C=O) groups is 2. The van der Waals surface area contributed by atoms with E-state index in [1.54, 1.807) is 0 Å². The van der Waals surface area contributed by atoms with E-state index in [0.717, 1.165) is 94.4 Å². The van der Waals surface area contributed by atoms with E-state index in [1.165, 1.54) is 0 Å². The summed E-state index contributed by atoms with van der Waals surface area (Å²) in [5.41, 5.74) is 2.44. The number of amides is 2. The molecular formula is C29H36N4O3. The Balaban J connectivity index is 1.11. The minimum Gasteiger partial charge on any atom is -0.393 e. The van der Waals surface area contributed by atoms with Crippen LogP contribution in [0, 0.1) is 5.41 Å². The van der Waals surface area contributed by atoms with Crippen LogP contribution in [0.2, 0.25) is 0 Å². The Labute approximate surface area is 212 Å². The lowest BCUT2D eigenvalue weighted by atomic mass is 9.78. The summed E-state index contributed by atoms with van der Waals surface area (Å²) < 4.78 is 0. The minimum atomic E-state index is -0.300. The number of piperidine rings is 1. The summed E-state index contributed by atoms with van der Waals surface area (Å²) in [5, 5.41) is 12.9. The van der Waals surface area contributed by atoms with E-state index in [2.05, 4.69) is 27.2 Å². The normalized spacial score (nSPS) is 28.5. The zero-order valence-electron chi connectivity index (χ0n) is 20.9. The van der Waals surface area contributed by atoms with E-state index in [4.69, 9.17) is 4.98 Å². The lowest BCUT2D eigenvalue weighted by Crippen LogP contribution is -2.50. The summed E-state index contributed by atoms with van der Waals surface area (Å²) >= 11 is 0. The smallest absolute Gasteiger partial charge is 0.251 e. The van der Waals surface area contributed by atoms with Crippen LogP contribution in [-0.4, -0.2) is 64.6 Å². The lowest BCUT2D eigenvalue weighted by Gasteiger charge is -2.41. The number of nitrogens with zero attached hydrogens (tertiary/aromatic N) is 3. The van der Waals surface area contributed by atoms with Crippen molar-refractivity contribution in [3.05, 3.63) is 48.2 Å². The van der Waals surface area contributed by atoms with Crippen LogP contribution < -0.4 is 10.2 Å². The summed E-state index contributed by atoms with van der Waals surface area (Å²) in [6.07, 6.45) is 10.2. The number of nitrogens with one attached hydrogen (secondary N) is 1. The quantitative estimate of drug-likeness (QED) is 0.669. The fourth-order valence-corrected chi connectivity index (χ4v) is 6.33. The summed E-state index contributed by atoms with van der Waals surface area (Å²) in [4.78, 5) is 35.0. The first-order chi connectivity index (χ1) is 17.5. The molecule has 1 atom stereocenters. The fourth-order valence-electron chi connectivity index (χ4n) is 6.33. The zero-order chi connectivity index (χ0) is 24.7. The molecule has 2 aliphatic heterocycles. The highest BCUT2D eigenvalue weighted by Crippen LogP contribution is 2.43.